The van der Waals surface area contributed by atoms with E-state index < -0.39 is 5.67 Å². The average molecular weight is 460 g/mol. The topological polar surface area (TPSA) is 89.7 Å². The zero-order valence-corrected chi connectivity index (χ0v) is 19.2. The van der Waals surface area contributed by atoms with E-state index >= 15 is 0 Å². The lowest BCUT2D eigenvalue weighted by Crippen LogP contribution is -2.23. The van der Waals surface area contributed by atoms with Crippen LogP contribution in [-0.2, 0) is 18.6 Å². The summed E-state index contributed by atoms with van der Waals surface area (Å²) in [6.07, 6.45) is 6.00. The summed E-state index contributed by atoms with van der Waals surface area (Å²) in [6, 6.07) is 9.83. The molecule has 9 heteroatoms. The Morgan fingerprint density at radius 3 is 2.79 bits per heavy atom. The van der Waals surface area contributed by atoms with Crippen molar-refractivity contribution in [2.24, 2.45) is 0 Å². The number of halogens is 1. The van der Waals surface area contributed by atoms with Gasteiger partial charge in [0.1, 0.15) is 11.1 Å². The Morgan fingerprint density at radius 2 is 2.00 bits per heavy atom. The minimum absolute atomic E-state index is 0.0984. The Kier molecular flexibility index (Phi) is 4.77. The fraction of sp³-hybridized carbons (Fsp3) is 0.360. The molecule has 6 rings (SSSR count). The van der Waals surface area contributed by atoms with Crippen molar-refractivity contribution in [2.75, 3.05) is 11.9 Å². The van der Waals surface area contributed by atoms with E-state index in [4.69, 9.17) is 4.98 Å². The molecule has 1 aliphatic heterocycles. The molecule has 1 aliphatic carbocycles. The smallest absolute Gasteiger partial charge is 0.278 e. The summed E-state index contributed by atoms with van der Waals surface area (Å²) in [5, 5.41) is 7.11. The first kappa shape index (κ1) is 21.0. The number of rotatable bonds is 5. The Bertz CT molecular complexity index is 1460. The fourth-order valence-corrected chi connectivity index (χ4v) is 4.52. The first-order chi connectivity index (χ1) is 16.4. The van der Waals surface area contributed by atoms with Crippen molar-refractivity contribution in [1.82, 2.24) is 29.6 Å². The number of alkyl halides is 1. The standard InChI is InChI=1S/C25H26FN7O/c1-25(2,26)21-12-19(8-10-28-21)32-22-20(23(34)33(32)18-5-6-18)14-29-24(31-22)30-17-4-3-15-7-9-27-13-16(15)11-17/h3-4,8,10-12,14,18,27H,5-7,9,13H2,1-2H3,(H,29,30,31). The van der Waals surface area contributed by atoms with Gasteiger partial charge in [-0.25, -0.2) is 18.7 Å². The predicted octanol–water partition coefficient (Wildman–Crippen LogP) is 3.91. The molecule has 0 unspecified atom stereocenters. The van der Waals surface area contributed by atoms with Gasteiger partial charge < -0.3 is 10.6 Å². The lowest BCUT2D eigenvalue weighted by molar-refractivity contribution is 0.214. The predicted molar refractivity (Wildman–Crippen MR) is 128 cm³/mol. The van der Waals surface area contributed by atoms with E-state index in [1.165, 1.54) is 25.0 Å². The molecule has 2 aliphatic rings. The van der Waals surface area contributed by atoms with Gasteiger partial charge in [0, 0.05) is 24.6 Å². The highest BCUT2D eigenvalue weighted by atomic mass is 19.1. The van der Waals surface area contributed by atoms with Gasteiger partial charge in [-0.1, -0.05) is 6.07 Å². The highest BCUT2D eigenvalue weighted by Gasteiger charge is 2.31. The molecule has 0 radical (unpaired) electrons. The molecule has 0 atom stereocenters. The number of nitrogens with zero attached hydrogens (tertiary/aromatic N) is 5. The molecule has 34 heavy (non-hydrogen) atoms. The lowest BCUT2D eigenvalue weighted by Gasteiger charge is -2.18. The van der Waals surface area contributed by atoms with Crippen LogP contribution in [0.4, 0.5) is 16.0 Å². The van der Waals surface area contributed by atoms with Crippen LogP contribution in [0.5, 0.6) is 0 Å². The van der Waals surface area contributed by atoms with Crippen molar-refractivity contribution in [2.45, 2.75) is 51.4 Å². The van der Waals surface area contributed by atoms with Gasteiger partial charge in [0.2, 0.25) is 5.95 Å². The summed E-state index contributed by atoms with van der Waals surface area (Å²) in [5.74, 6) is 0.401. The summed E-state index contributed by atoms with van der Waals surface area (Å²) >= 11 is 0. The van der Waals surface area contributed by atoms with Gasteiger partial charge >= 0.3 is 0 Å². The molecule has 1 aromatic carbocycles. The van der Waals surface area contributed by atoms with Crippen molar-refractivity contribution < 1.29 is 4.39 Å². The molecule has 0 amide bonds. The molecule has 1 fully saturated rings. The van der Waals surface area contributed by atoms with Crippen LogP contribution >= 0.6 is 0 Å². The van der Waals surface area contributed by atoms with Gasteiger partial charge in [-0.15, -0.1) is 0 Å². The summed E-state index contributed by atoms with van der Waals surface area (Å²) in [4.78, 5) is 26.6. The van der Waals surface area contributed by atoms with Gasteiger partial charge in [0.05, 0.1) is 17.4 Å². The molecule has 4 heterocycles. The first-order valence-electron chi connectivity index (χ1n) is 11.6. The molecule has 174 valence electrons. The second-order valence-electron chi connectivity index (χ2n) is 9.53. The summed E-state index contributed by atoms with van der Waals surface area (Å²) < 4.78 is 18.2. The van der Waals surface area contributed by atoms with E-state index in [1.807, 2.05) is 6.07 Å². The van der Waals surface area contributed by atoms with Crippen molar-refractivity contribution in [3.63, 3.8) is 0 Å². The zero-order chi connectivity index (χ0) is 23.4. The largest absolute Gasteiger partial charge is 0.324 e. The molecule has 0 saturated heterocycles. The maximum absolute atomic E-state index is 14.7. The van der Waals surface area contributed by atoms with Crippen LogP contribution in [0.2, 0.25) is 0 Å². The van der Waals surface area contributed by atoms with Crippen LogP contribution in [0.3, 0.4) is 0 Å². The summed E-state index contributed by atoms with van der Waals surface area (Å²) in [6.45, 7) is 4.77. The number of pyridine rings is 1. The summed E-state index contributed by atoms with van der Waals surface area (Å²) in [5.41, 5.74) is 3.20. The van der Waals surface area contributed by atoms with Crippen LogP contribution in [0.25, 0.3) is 16.7 Å². The normalized spacial score (nSPS) is 16.0. The Labute approximate surface area is 195 Å². The van der Waals surface area contributed by atoms with Gasteiger partial charge in [0.15, 0.2) is 5.65 Å². The van der Waals surface area contributed by atoms with Crippen molar-refractivity contribution >= 4 is 22.7 Å². The van der Waals surface area contributed by atoms with Gasteiger partial charge in [-0.05, 0) is 75.0 Å². The lowest BCUT2D eigenvalue weighted by atomic mass is 10.0. The van der Waals surface area contributed by atoms with E-state index in [0.29, 0.717) is 28.4 Å². The minimum Gasteiger partial charge on any atom is -0.324 e. The highest BCUT2D eigenvalue weighted by molar-refractivity contribution is 5.77. The molecule has 2 N–H and O–H groups in total. The Morgan fingerprint density at radius 1 is 1.15 bits per heavy atom. The van der Waals surface area contributed by atoms with Crippen molar-refractivity contribution in [3.8, 4) is 5.69 Å². The second kappa shape index (κ2) is 7.73. The third-order valence-corrected chi connectivity index (χ3v) is 6.46. The molecular weight excluding hydrogens is 433 g/mol. The van der Waals surface area contributed by atoms with Crippen LogP contribution in [-0.4, -0.2) is 30.9 Å². The number of anilines is 2. The number of benzene rings is 1. The van der Waals surface area contributed by atoms with E-state index in [9.17, 15) is 9.18 Å². The number of hydrogen-bond acceptors (Lipinski definition) is 6. The van der Waals surface area contributed by atoms with Crippen molar-refractivity contribution in [1.29, 1.82) is 0 Å². The van der Waals surface area contributed by atoms with Crippen LogP contribution < -0.4 is 16.2 Å². The maximum atomic E-state index is 14.7. The number of aromatic nitrogens is 5. The Balaban J connectivity index is 1.46. The van der Waals surface area contributed by atoms with Crippen LogP contribution in [0.15, 0.2) is 47.5 Å². The molecule has 0 bridgehead atoms. The average Bonchev–Trinajstić information content (AvgIpc) is 3.62. The van der Waals surface area contributed by atoms with E-state index in [1.54, 1.807) is 33.9 Å². The third-order valence-electron chi connectivity index (χ3n) is 6.46. The SMILES string of the molecule is CC(C)(F)c1cc(-n2c3nc(Nc4ccc5c(c4)CNCC5)ncc3c(=O)n2C2CC2)ccn1. The quantitative estimate of drug-likeness (QED) is 0.470. The minimum atomic E-state index is -1.60. The molecule has 4 aromatic rings. The molecular formula is C25H26FN7O. The maximum Gasteiger partial charge on any atom is 0.278 e. The van der Waals surface area contributed by atoms with Gasteiger partial charge in [-0.3, -0.25) is 9.78 Å². The Hall–Kier alpha value is -3.59. The van der Waals surface area contributed by atoms with E-state index in [2.05, 4.69) is 32.7 Å². The molecule has 3 aromatic heterocycles. The first-order valence-corrected chi connectivity index (χ1v) is 11.6. The summed E-state index contributed by atoms with van der Waals surface area (Å²) in [7, 11) is 0. The number of nitrogens with one attached hydrogen (secondary N) is 2. The third kappa shape index (κ3) is 3.66. The second-order valence-corrected chi connectivity index (χ2v) is 9.53. The van der Waals surface area contributed by atoms with Gasteiger partial charge in [-0.2, -0.15) is 4.98 Å². The van der Waals surface area contributed by atoms with E-state index in [-0.39, 0.29) is 11.6 Å². The van der Waals surface area contributed by atoms with Gasteiger partial charge in [0.25, 0.3) is 5.56 Å². The molecule has 1 saturated carbocycles. The molecule has 0 spiro atoms. The van der Waals surface area contributed by atoms with Crippen molar-refractivity contribution in [3.05, 3.63) is 69.9 Å². The number of hydrogen-bond donors (Lipinski definition) is 2. The molecule has 8 nitrogen and oxygen atoms in total. The highest BCUT2D eigenvalue weighted by Crippen LogP contribution is 2.36. The number of fused-ring (bicyclic) bond motifs is 2. The van der Waals surface area contributed by atoms with Crippen LogP contribution in [0, 0.1) is 0 Å². The monoisotopic (exact) mass is 459 g/mol. The fourth-order valence-electron chi connectivity index (χ4n) is 4.52. The van der Waals surface area contributed by atoms with E-state index in [0.717, 1.165) is 38.0 Å². The zero-order valence-electron chi connectivity index (χ0n) is 19.2. The van der Waals surface area contributed by atoms with Crippen LogP contribution in [0.1, 0.15) is 49.6 Å².